The van der Waals surface area contributed by atoms with E-state index in [1.54, 1.807) is 49.4 Å². The number of carbonyl (C=O) groups excluding carboxylic acids is 2. The summed E-state index contributed by atoms with van der Waals surface area (Å²) >= 11 is 0. The van der Waals surface area contributed by atoms with Gasteiger partial charge in [0.05, 0.1) is 13.0 Å². The van der Waals surface area contributed by atoms with Gasteiger partial charge in [0, 0.05) is 17.7 Å². The molecule has 28 heavy (non-hydrogen) atoms. The second-order valence-electron chi connectivity index (χ2n) is 6.17. The van der Waals surface area contributed by atoms with Crippen molar-refractivity contribution in [3.8, 4) is 11.5 Å². The van der Waals surface area contributed by atoms with E-state index < -0.39 is 17.8 Å². The van der Waals surface area contributed by atoms with Crippen LogP contribution in [0.4, 0.5) is 0 Å². The Labute approximate surface area is 161 Å². The SMILES string of the molecule is CCOc1cc(/C=C2\C(=O)N(CCC(=O)O)C(=O)c3ccccc32)ccc1O. The maximum absolute atomic E-state index is 13.0. The van der Waals surface area contributed by atoms with Gasteiger partial charge in [-0.15, -0.1) is 0 Å². The van der Waals surface area contributed by atoms with Crippen LogP contribution >= 0.6 is 0 Å². The molecule has 1 heterocycles. The second-order valence-corrected chi connectivity index (χ2v) is 6.17. The number of rotatable bonds is 6. The summed E-state index contributed by atoms with van der Waals surface area (Å²) in [6.07, 6.45) is 1.27. The van der Waals surface area contributed by atoms with Gasteiger partial charge in [-0.2, -0.15) is 0 Å². The topological polar surface area (TPSA) is 104 Å². The molecule has 7 nitrogen and oxygen atoms in total. The maximum atomic E-state index is 13.0. The van der Waals surface area contributed by atoms with Gasteiger partial charge in [0.25, 0.3) is 11.8 Å². The van der Waals surface area contributed by atoms with Crippen LogP contribution in [0, 0.1) is 0 Å². The Kier molecular flexibility index (Phi) is 5.44. The molecule has 0 radical (unpaired) electrons. The van der Waals surface area contributed by atoms with E-state index in [1.807, 2.05) is 0 Å². The molecule has 0 bridgehead atoms. The van der Waals surface area contributed by atoms with Gasteiger partial charge in [0.15, 0.2) is 11.5 Å². The van der Waals surface area contributed by atoms with Gasteiger partial charge in [-0.1, -0.05) is 24.3 Å². The first-order valence-electron chi connectivity index (χ1n) is 8.77. The van der Waals surface area contributed by atoms with Crippen LogP contribution in [0.1, 0.15) is 34.8 Å². The van der Waals surface area contributed by atoms with Crippen molar-refractivity contribution < 1.29 is 29.3 Å². The standard InChI is InChI=1S/C21H19NO6/c1-2-28-18-12-13(7-8-17(18)23)11-16-14-5-3-4-6-15(14)20(26)22(21(16)27)10-9-19(24)25/h3-8,11-12,23H,2,9-10H2,1H3,(H,24,25)/b16-11-. The summed E-state index contributed by atoms with van der Waals surface area (Å²) in [6.45, 7) is 1.95. The zero-order chi connectivity index (χ0) is 20.3. The van der Waals surface area contributed by atoms with Gasteiger partial charge in [-0.3, -0.25) is 19.3 Å². The number of aromatic hydroxyl groups is 1. The molecule has 2 aromatic rings. The Bertz CT molecular complexity index is 979. The number of phenolic OH excluding ortho intramolecular Hbond substituents is 1. The first-order chi connectivity index (χ1) is 13.4. The summed E-state index contributed by atoms with van der Waals surface area (Å²) in [6, 6.07) is 11.4. The van der Waals surface area contributed by atoms with Gasteiger partial charge in [-0.25, -0.2) is 0 Å². The molecular formula is C21H19NO6. The molecule has 0 spiro atoms. The molecule has 0 aliphatic carbocycles. The van der Waals surface area contributed by atoms with E-state index in [9.17, 15) is 19.5 Å². The zero-order valence-electron chi connectivity index (χ0n) is 15.2. The number of fused-ring (bicyclic) bond motifs is 1. The average molecular weight is 381 g/mol. The van der Waals surface area contributed by atoms with Crippen LogP contribution in [0.15, 0.2) is 42.5 Å². The van der Waals surface area contributed by atoms with Crippen molar-refractivity contribution in [3.63, 3.8) is 0 Å². The lowest BCUT2D eigenvalue weighted by Gasteiger charge is -2.28. The van der Waals surface area contributed by atoms with Crippen molar-refractivity contribution in [2.45, 2.75) is 13.3 Å². The summed E-state index contributed by atoms with van der Waals surface area (Å²) < 4.78 is 5.37. The Morgan fingerprint density at radius 3 is 2.50 bits per heavy atom. The fourth-order valence-corrected chi connectivity index (χ4v) is 3.01. The quantitative estimate of drug-likeness (QED) is 0.589. The minimum absolute atomic E-state index is 0.0161. The predicted molar refractivity (Wildman–Crippen MR) is 102 cm³/mol. The summed E-state index contributed by atoms with van der Waals surface area (Å²) in [4.78, 5) is 37.5. The monoisotopic (exact) mass is 381 g/mol. The molecule has 144 valence electrons. The van der Waals surface area contributed by atoms with Crippen molar-refractivity contribution >= 4 is 29.4 Å². The number of benzene rings is 2. The van der Waals surface area contributed by atoms with Crippen molar-refractivity contribution in [2.24, 2.45) is 0 Å². The van der Waals surface area contributed by atoms with Gasteiger partial charge in [-0.05, 0) is 42.3 Å². The lowest BCUT2D eigenvalue weighted by atomic mass is 9.92. The molecular weight excluding hydrogens is 362 g/mol. The third-order valence-corrected chi connectivity index (χ3v) is 4.31. The van der Waals surface area contributed by atoms with E-state index in [2.05, 4.69) is 0 Å². The largest absolute Gasteiger partial charge is 0.504 e. The first kappa shape index (κ1) is 19.2. The number of phenols is 1. The molecule has 2 amide bonds. The predicted octanol–water partition coefficient (Wildman–Crippen LogP) is 2.79. The zero-order valence-corrected chi connectivity index (χ0v) is 15.2. The highest BCUT2D eigenvalue weighted by atomic mass is 16.5. The summed E-state index contributed by atoms with van der Waals surface area (Å²) in [7, 11) is 0. The molecule has 7 heteroatoms. The van der Waals surface area contributed by atoms with E-state index in [-0.39, 0.29) is 30.0 Å². The number of aliphatic carboxylic acids is 1. The Hall–Kier alpha value is -3.61. The van der Waals surface area contributed by atoms with E-state index >= 15 is 0 Å². The number of carbonyl (C=O) groups is 3. The lowest BCUT2D eigenvalue weighted by molar-refractivity contribution is -0.137. The summed E-state index contributed by atoms with van der Waals surface area (Å²) in [5, 5.41) is 18.8. The molecule has 1 aliphatic rings. The molecule has 0 saturated heterocycles. The van der Waals surface area contributed by atoms with Crippen molar-refractivity contribution in [1.82, 2.24) is 4.90 Å². The molecule has 0 fully saturated rings. The number of nitrogens with zero attached hydrogens (tertiary/aromatic N) is 1. The highest BCUT2D eigenvalue weighted by molar-refractivity contribution is 6.33. The minimum atomic E-state index is -1.09. The van der Waals surface area contributed by atoms with Gasteiger partial charge in [0.2, 0.25) is 0 Å². The molecule has 3 rings (SSSR count). The van der Waals surface area contributed by atoms with Gasteiger partial charge >= 0.3 is 5.97 Å². The minimum Gasteiger partial charge on any atom is -0.504 e. The normalized spacial score (nSPS) is 14.9. The average Bonchev–Trinajstić information content (AvgIpc) is 2.67. The van der Waals surface area contributed by atoms with Crippen molar-refractivity contribution in [3.05, 3.63) is 59.2 Å². The van der Waals surface area contributed by atoms with Crippen LogP contribution in [-0.4, -0.2) is 46.0 Å². The third-order valence-electron chi connectivity index (χ3n) is 4.31. The highest BCUT2D eigenvalue weighted by Gasteiger charge is 2.34. The second kappa shape index (κ2) is 7.96. The van der Waals surface area contributed by atoms with E-state index in [0.717, 1.165) is 4.90 Å². The van der Waals surface area contributed by atoms with Crippen molar-refractivity contribution in [2.75, 3.05) is 13.2 Å². The number of ether oxygens (including phenoxy) is 1. The highest BCUT2D eigenvalue weighted by Crippen LogP contribution is 2.33. The van der Waals surface area contributed by atoms with Crippen LogP contribution in [0.25, 0.3) is 11.6 Å². The number of amides is 2. The van der Waals surface area contributed by atoms with Crippen LogP contribution in [0.2, 0.25) is 0 Å². The molecule has 0 saturated carbocycles. The van der Waals surface area contributed by atoms with E-state index in [1.165, 1.54) is 6.07 Å². The van der Waals surface area contributed by atoms with Crippen LogP contribution in [-0.2, 0) is 9.59 Å². The lowest BCUT2D eigenvalue weighted by Crippen LogP contribution is -2.42. The molecule has 0 aromatic heterocycles. The molecule has 2 N–H and O–H groups in total. The summed E-state index contributed by atoms with van der Waals surface area (Å²) in [5.74, 6) is -1.90. The number of carboxylic acids is 1. The maximum Gasteiger partial charge on any atom is 0.305 e. The summed E-state index contributed by atoms with van der Waals surface area (Å²) in [5.41, 5.74) is 1.69. The van der Waals surface area contributed by atoms with Crippen LogP contribution in [0.3, 0.4) is 0 Å². The number of hydrogen-bond acceptors (Lipinski definition) is 5. The van der Waals surface area contributed by atoms with E-state index in [0.29, 0.717) is 23.3 Å². The molecule has 2 aromatic carbocycles. The molecule has 0 unspecified atom stereocenters. The fourth-order valence-electron chi connectivity index (χ4n) is 3.01. The Morgan fingerprint density at radius 2 is 1.82 bits per heavy atom. The van der Waals surface area contributed by atoms with Crippen molar-refractivity contribution in [1.29, 1.82) is 0 Å². The third kappa shape index (κ3) is 3.73. The Morgan fingerprint density at radius 1 is 1.11 bits per heavy atom. The Balaban J connectivity index is 2.07. The number of carboxylic acid groups (broad SMARTS) is 1. The number of hydrogen-bond donors (Lipinski definition) is 2. The van der Waals surface area contributed by atoms with Crippen LogP contribution in [0.5, 0.6) is 11.5 Å². The number of imide groups is 1. The van der Waals surface area contributed by atoms with E-state index in [4.69, 9.17) is 9.84 Å². The fraction of sp³-hybridized carbons (Fsp3) is 0.190. The van der Waals surface area contributed by atoms with Gasteiger partial charge in [0.1, 0.15) is 0 Å². The molecule has 1 aliphatic heterocycles. The smallest absolute Gasteiger partial charge is 0.305 e. The van der Waals surface area contributed by atoms with Crippen LogP contribution < -0.4 is 4.74 Å². The molecule has 0 atom stereocenters. The van der Waals surface area contributed by atoms with Gasteiger partial charge < -0.3 is 14.9 Å². The first-order valence-corrected chi connectivity index (χ1v) is 8.77.